The summed E-state index contributed by atoms with van der Waals surface area (Å²) in [6, 6.07) is 15.2. The van der Waals surface area contributed by atoms with Crippen LogP contribution in [0.15, 0.2) is 59.5 Å². The zero-order valence-electron chi connectivity index (χ0n) is 18.4. The molecular formula is C24H31N3O4S. The van der Waals surface area contributed by atoms with E-state index >= 15 is 0 Å². The van der Waals surface area contributed by atoms with Crippen molar-refractivity contribution < 1.29 is 18.5 Å². The third-order valence-electron chi connectivity index (χ3n) is 5.39. The van der Waals surface area contributed by atoms with Gasteiger partial charge in [-0.3, -0.25) is 9.59 Å². The van der Waals surface area contributed by atoms with Crippen LogP contribution in [0.5, 0.6) is 5.75 Å². The minimum atomic E-state index is -1.52. The summed E-state index contributed by atoms with van der Waals surface area (Å²) < 4.78 is 20.7. The van der Waals surface area contributed by atoms with E-state index in [1.807, 2.05) is 43.3 Å². The number of carbonyl (C=O) groups is 2. The molecule has 0 aromatic heterocycles. The first-order valence-electron chi connectivity index (χ1n) is 11.0. The highest BCUT2D eigenvalue weighted by atomic mass is 32.2. The number of ether oxygens (including phenoxy) is 1. The van der Waals surface area contributed by atoms with E-state index in [9.17, 15) is 13.8 Å². The fourth-order valence-corrected chi connectivity index (χ4v) is 5.14. The smallest absolute Gasteiger partial charge is 0.240 e. The van der Waals surface area contributed by atoms with Crippen molar-refractivity contribution in [2.45, 2.75) is 56.0 Å². The molecule has 1 aliphatic heterocycles. The predicted molar refractivity (Wildman–Crippen MR) is 124 cm³/mol. The third kappa shape index (κ3) is 6.40. The molecule has 0 saturated carbocycles. The number of nitrogens with one attached hydrogen (secondary N) is 1. The number of carbonyl (C=O) groups excluding carboxylic acids is 2. The van der Waals surface area contributed by atoms with Crippen molar-refractivity contribution in [1.82, 2.24) is 9.62 Å². The molecule has 1 fully saturated rings. The third-order valence-corrected chi connectivity index (χ3v) is 6.91. The summed E-state index contributed by atoms with van der Waals surface area (Å²) in [5, 5.41) is 2.80. The first-order valence-corrected chi connectivity index (χ1v) is 12.1. The number of hydrogen-bond acceptors (Lipinski definition) is 4. The van der Waals surface area contributed by atoms with Crippen LogP contribution in [0.1, 0.15) is 38.2 Å². The Morgan fingerprint density at radius 3 is 2.69 bits per heavy atom. The van der Waals surface area contributed by atoms with Crippen LogP contribution in [0.25, 0.3) is 0 Å². The van der Waals surface area contributed by atoms with Gasteiger partial charge >= 0.3 is 0 Å². The van der Waals surface area contributed by atoms with Crippen LogP contribution >= 0.6 is 0 Å². The maximum Gasteiger partial charge on any atom is 0.240 e. The van der Waals surface area contributed by atoms with Crippen molar-refractivity contribution in [2.24, 2.45) is 5.73 Å². The number of benzene rings is 2. The number of rotatable bonds is 10. The molecule has 172 valence electrons. The van der Waals surface area contributed by atoms with E-state index < -0.39 is 29.0 Å². The van der Waals surface area contributed by atoms with Gasteiger partial charge in [0.2, 0.25) is 11.8 Å². The molecule has 1 saturated heterocycles. The normalized spacial score (nSPS) is 18.5. The van der Waals surface area contributed by atoms with E-state index in [1.54, 1.807) is 22.5 Å². The molecule has 1 heterocycles. The van der Waals surface area contributed by atoms with Crippen molar-refractivity contribution in [3.8, 4) is 5.75 Å². The minimum absolute atomic E-state index is 0.314. The number of nitrogens with zero attached hydrogens (tertiary/aromatic N) is 1. The molecule has 8 heteroatoms. The summed E-state index contributed by atoms with van der Waals surface area (Å²) in [5.74, 6) is -0.255. The monoisotopic (exact) mass is 457 g/mol. The van der Waals surface area contributed by atoms with Crippen molar-refractivity contribution in [3.05, 3.63) is 60.2 Å². The number of amides is 2. The Morgan fingerprint density at radius 1 is 1.19 bits per heavy atom. The van der Waals surface area contributed by atoms with Gasteiger partial charge in [0.15, 0.2) is 0 Å². The summed E-state index contributed by atoms with van der Waals surface area (Å²) in [6.45, 7) is 3.14. The molecule has 3 N–H and O–H groups in total. The first kappa shape index (κ1) is 23.9. The average molecular weight is 458 g/mol. The van der Waals surface area contributed by atoms with Crippen LogP contribution in [-0.2, 0) is 27.0 Å². The Bertz CT molecular complexity index is 938. The molecule has 2 aromatic rings. The van der Waals surface area contributed by atoms with Crippen molar-refractivity contribution in [3.63, 3.8) is 0 Å². The quantitative estimate of drug-likeness (QED) is 0.572. The largest absolute Gasteiger partial charge is 0.494 e. The van der Waals surface area contributed by atoms with Gasteiger partial charge in [0.05, 0.1) is 11.5 Å². The van der Waals surface area contributed by atoms with E-state index in [1.165, 1.54) is 0 Å². The lowest BCUT2D eigenvalue weighted by Gasteiger charge is -2.34. The highest BCUT2D eigenvalue weighted by Gasteiger charge is 2.34. The minimum Gasteiger partial charge on any atom is -0.494 e. The molecule has 2 amide bonds. The van der Waals surface area contributed by atoms with Gasteiger partial charge < -0.3 is 15.8 Å². The Morgan fingerprint density at radius 2 is 1.97 bits per heavy atom. The van der Waals surface area contributed by atoms with E-state index in [4.69, 9.17) is 10.5 Å². The van der Waals surface area contributed by atoms with Gasteiger partial charge in [-0.25, -0.2) is 8.51 Å². The van der Waals surface area contributed by atoms with Gasteiger partial charge in [-0.05, 0) is 43.0 Å². The lowest BCUT2D eigenvalue weighted by Crippen LogP contribution is -2.55. The molecule has 32 heavy (non-hydrogen) atoms. The second kappa shape index (κ2) is 11.8. The number of nitrogens with two attached hydrogens (primary N) is 1. The van der Waals surface area contributed by atoms with Gasteiger partial charge in [0.1, 0.15) is 28.8 Å². The molecule has 2 aromatic carbocycles. The zero-order chi connectivity index (χ0) is 22.9. The fourth-order valence-electron chi connectivity index (χ4n) is 3.73. The summed E-state index contributed by atoms with van der Waals surface area (Å²) in [6.07, 6.45) is 3.47. The first-order chi connectivity index (χ1) is 15.5. The maximum absolute atomic E-state index is 13.4. The van der Waals surface area contributed by atoms with E-state index in [0.29, 0.717) is 36.6 Å². The topological polar surface area (TPSA) is 102 Å². The second-order valence-corrected chi connectivity index (χ2v) is 9.32. The van der Waals surface area contributed by atoms with Crippen molar-refractivity contribution >= 4 is 22.8 Å². The van der Waals surface area contributed by atoms with Crippen LogP contribution in [0.2, 0.25) is 0 Å². The van der Waals surface area contributed by atoms with Crippen LogP contribution in [-0.4, -0.2) is 45.6 Å². The van der Waals surface area contributed by atoms with Gasteiger partial charge in [0, 0.05) is 13.0 Å². The highest BCUT2D eigenvalue weighted by molar-refractivity contribution is 7.82. The summed E-state index contributed by atoms with van der Waals surface area (Å²) in [5.41, 5.74) is 6.47. The second-order valence-electron chi connectivity index (χ2n) is 7.88. The molecule has 3 unspecified atom stereocenters. The van der Waals surface area contributed by atoms with Gasteiger partial charge in [0.25, 0.3) is 0 Å². The molecule has 0 spiro atoms. The van der Waals surface area contributed by atoms with Crippen LogP contribution in [0, 0.1) is 0 Å². The molecular weight excluding hydrogens is 426 g/mol. The molecule has 0 bridgehead atoms. The van der Waals surface area contributed by atoms with Crippen LogP contribution in [0.4, 0.5) is 0 Å². The lowest BCUT2D eigenvalue weighted by atomic mass is 10.0. The molecule has 0 radical (unpaired) electrons. The Balaban J connectivity index is 1.72. The highest BCUT2D eigenvalue weighted by Crippen LogP contribution is 2.25. The molecule has 3 rings (SSSR count). The summed E-state index contributed by atoms with van der Waals surface area (Å²) >= 11 is 0. The summed E-state index contributed by atoms with van der Waals surface area (Å²) in [4.78, 5) is 25.7. The van der Waals surface area contributed by atoms with Crippen LogP contribution < -0.4 is 15.8 Å². The predicted octanol–water partition coefficient (Wildman–Crippen LogP) is 2.57. The van der Waals surface area contributed by atoms with Gasteiger partial charge in [-0.2, -0.15) is 0 Å². The maximum atomic E-state index is 13.4. The average Bonchev–Trinajstić information content (AvgIpc) is 2.82. The van der Waals surface area contributed by atoms with Crippen LogP contribution in [0.3, 0.4) is 0 Å². The van der Waals surface area contributed by atoms with Crippen molar-refractivity contribution in [1.29, 1.82) is 0 Å². The Hall–Kier alpha value is -2.71. The molecule has 7 nitrogen and oxygen atoms in total. The molecule has 1 aliphatic rings. The van der Waals surface area contributed by atoms with Crippen molar-refractivity contribution in [2.75, 3.05) is 13.2 Å². The van der Waals surface area contributed by atoms with E-state index in [0.717, 1.165) is 24.8 Å². The van der Waals surface area contributed by atoms with E-state index in [2.05, 4.69) is 5.32 Å². The fraction of sp³-hybridized carbons (Fsp3) is 0.417. The van der Waals surface area contributed by atoms with E-state index in [-0.39, 0.29) is 5.91 Å². The lowest BCUT2D eigenvalue weighted by molar-refractivity contribution is -0.130. The number of hydrogen-bond donors (Lipinski definition) is 2. The summed E-state index contributed by atoms with van der Waals surface area (Å²) in [7, 11) is -1.52. The Labute approximate surface area is 191 Å². The van der Waals surface area contributed by atoms with Gasteiger partial charge in [-0.1, -0.05) is 49.7 Å². The standard InChI is InChI=1S/C24H31N3O4S/c1-2-15-31-19-11-8-12-20(17-19)32(30)27-14-7-6-13-22(27)24(29)26-21(23(25)28)16-18-9-4-3-5-10-18/h3-5,8-12,17,21-22H,2,6-7,13-16H2,1H3,(H2,25,28)(H,26,29). The van der Waals surface area contributed by atoms with Gasteiger partial charge in [-0.15, -0.1) is 0 Å². The Kier molecular flexibility index (Phi) is 8.81. The zero-order valence-corrected chi connectivity index (χ0v) is 19.2. The number of piperidine rings is 1. The molecule has 0 aliphatic carbocycles. The number of primary amides is 1. The molecule has 3 atom stereocenters. The SMILES string of the molecule is CCCOc1cccc(S(=O)N2CCCCC2C(=O)NC(Cc2ccccc2)C(N)=O)c1.